The lowest BCUT2D eigenvalue weighted by atomic mass is 9.91. The van der Waals surface area contributed by atoms with Gasteiger partial charge in [0.1, 0.15) is 5.75 Å². The van der Waals surface area contributed by atoms with Gasteiger partial charge in [0, 0.05) is 59.3 Å². The van der Waals surface area contributed by atoms with Gasteiger partial charge in [-0.05, 0) is 61.2 Å². The lowest BCUT2D eigenvalue weighted by Crippen LogP contribution is -2.09. The van der Waals surface area contributed by atoms with Gasteiger partial charge < -0.3 is 4.74 Å². The van der Waals surface area contributed by atoms with Crippen LogP contribution in [0.4, 0.5) is 0 Å². The average molecular weight is 474 g/mol. The lowest BCUT2D eigenvalue weighted by Gasteiger charge is -2.17. The number of allylic oxidation sites excluding steroid dienone is 1. The highest BCUT2D eigenvalue weighted by Crippen LogP contribution is 2.32. The molecule has 4 heteroatoms. The molecule has 0 unspecified atom stereocenters. The number of hydrogen-bond acceptors (Lipinski definition) is 4. The summed E-state index contributed by atoms with van der Waals surface area (Å²) in [4.78, 5) is 13.7. The maximum atomic E-state index is 5.74. The zero-order chi connectivity index (χ0) is 25.3. The van der Waals surface area contributed by atoms with Crippen molar-refractivity contribution in [1.82, 2.24) is 9.97 Å². The number of rotatable bonds is 8. The van der Waals surface area contributed by atoms with E-state index in [1.54, 1.807) is 7.11 Å². The quantitative estimate of drug-likeness (QED) is 0.212. The number of hydrogen-bond donors (Lipinski definition) is 0. The SMILES string of the molecule is CC#Cc1ccc(C(=NC)c2c(CCC)cnc3cc(OC)c(/C=C\Cc4ccncc4)cc23)cc1. The Kier molecular flexibility index (Phi) is 8.26. The van der Waals surface area contributed by atoms with Crippen molar-refractivity contribution in [3.8, 4) is 17.6 Å². The summed E-state index contributed by atoms with van der Waals surface area (Å²) in [7, 11) is 3.56. The van der Waals surface area contributed by atoms with Gasteiger partial charge in [-0.2, -0.15) is 0 Å². The van der Waals surface area contributed by atoms with Crippen LogP contribution in [0.5, 0.6) is 5.75 Å². The molecule has 180 valence electrons. The normalized spacial score (nSPS) is 11.5. The van der Waals surface area contributed by atoms with Crippen molar-refractivity contribution in [1.29, 1.82) is 0 Å². The molecule has 0 saturated heterocycles. The van der Waals surface area contributed by atoms with Crippen molar-refractivity contribution >= 4 is 22.7 Å². The highest BCUT2D eigenvalue weighted by molar-refractivity contribution is 6.20. The van der Waals surface area contributed by atoms with Crippen LogP contribution in [0.3, 0.4) is 0 Å². The first-order valence-corrected chi connectivity index (χ1v) is 12.2. The van der Waals surface area contributed by atoms with E-state index in [0.717, 1.165) is 63.9 Å². The third kappa shape index (κ3) is 5.53. The largest absolute Gasteiger partial charge is 0.496 e. The molecule has 4 aromatic rings. The predicted molar refractivity (Wildman–Crippen MR) is 150 cm³/mol. The van der Waals surface area contributed by atoms with Crippen molar-refractivity contribution in [2.75, 3.05) is 14.2 Å². The van der Waals surface area contributed by atoms with Gasteiger partial charge in [-0.3, -0.25) is 15.0 Å². The van der Waals surface area contributed by atoms with Crippen LogP contribution in [-0.2, 0) is 12.8 Å². The van der Waals surface area contributed by atoms with Crippen LogP contribution in [0.15, 0.2) is 78.2 Å². The minimum Gasteiger partial charge on any atom is -0.496 e. The first-order chi connectivity index (χ1) is 17.7. The monoisotopic (exact) mass is 473 g/mol. The average Bonchev–Trinajstić information content (AvgIpc) is 2.91. The molecule has 0 aliphatic heterocycles. The van der Waals surface area contributed by atoms with Crippen LogP contribution in [-0.4, -0.2) is 29.8 Å². The molecule has 0 atom stereocenters. The summed E-state index contributed by atoms with van der Waals surface area (Å²) in [6, 6.07) is 16.6. The summed E-state index contributed by atoms with van der Waals surface area (Å²) >= 11 is 0. The molecule has 0 N–H and O–H groups in total. The Morgan fingerprint density at radius 3 is 2.53 bits per heavy atom. The fraction of sp³-hybridized carbons (Fsp3) is 0.219. The highest BCUT2D eigenvalue weighted by atomic mass is 16.5. The van der Waals surface area contributed by atoms with Crippen molar-refractivity contribution in [2.45, 2.75) is 33.1 Å². The van der Waals surface area contributed by atoms with Gasteiger partial charge in [-0.25, -0.2) is 0 Å². The number of fused-ring (bicyclic) bond motifs is 1. The summed E-state index contributed by atoms with van der Waals surface area (Å²) in [5.74, 6) is 6.88. The number of benzene rings is 2. The van der Waals surface area contributed by atoms with Gasteiger partial charge in [-0.1, -0.05) is 43.5 Å². The van der Waals surface area contributed by atoms with Crippen LogP contribution >= 0.6 is 0 Å². The maximum absolute atomic E-state index is 5.74. The third-order valence-electron chi connectivity index (χ3n) is 6.11. The van der Waals surface area contributed by atoms with E-state index >= 15 is 0 Å². The van der Waals surface area contributed by atoms with Crippen LogP contribution in [0.1, 0.15) is 53.6 Å². The van der Waals surface area contributed by atoms with Gasteiger partial charge in [0.05, 0.1) is 18.3 Å². The van der Waals surface area contributed by atoms with Gasteiger partial charge >= 0.3 is 0 Å². The lowest BCUT2D eigenvalue weighted by molar-refractivity contribution is 0.414. The standard InChI is InChI=1S/C32H31N3O/c1-5-8-23-12-14-25(15-13-23)32(33-3)31-27(9-6-2)22-35-29-21-30(36-4)26(20-28(29)31)11-7-10-24-16-18-34-19-17-24/h7,11-22H,6,9-10H2,1-4H3/b11-7-,33-32?. The van der Waals surface area contributed by atoms with Gasteiger partial charge in [-0.15, -0.1) is 5.92 Å². The van der Waals surface area contributed by atoms with Crippen molar-refractivity contribution < 1.29 is 4.74 Å². The second-order valence-corrected chi connectivity index (χ2v) is 8.51. The van der Waals surface area contributed by atoms with E-state index in [-0.39, 0.29) is 0 Å². The Labute approximate surface area is 213 Å². The van der Waals surface area contributed by atoms with E-state index in [0.29, 0.717) is 0 Å². The first-order valence-electron chi connectivity index (χ1n) is 12.2. The molecule has 0 amide bonds. The molecule has 0 aliphatic carbocycles. The zero-order valence-corrected chi connectivity index (χ0v) is 21.4. The van der Waals surface area contributed by atoms with Gasteiger partial charge in [0.25, 0.3) is 0 Å². The number of aryl methyl sites for hydroxylation is 1. The predicted octanol–water partition coefficient (Wildman–Crippen LogP) is 6.69. The van der Waals surface area contributed by atoms with E-state index in [2.05, 4.69) is 66.2 Å². The smallest absolute Gasteiger partial charge is 0.128 e. The number of methoxy groups -OCH3 is 1. The number of pyridine rings is 2. The summed E-state index contributed by atoms with van der Waals surface area (Å²) in [6.45, 7) is 4.04. The molecule has 0 saturated carbocycles. The van der Waals surface area contributed by atoms with Crippen molar-refractivity contribution in [2.24, 2.45) is 4.99 Å². The minimum absolute atomic E-state index is 0.799. The Balaban J connectivity index is 1.85. The fourth-order valence-electron chi connectivity index (χ4n) is 4.41. The Bertz CT molecular complexity index is 1460. The van der Waals surface area contributed by atoms with E-state index < -0.39 is 0 Å². The molecule has 2 aromatic carbocycles. The summed E-state index contributed by atoms with van der Waals surface area (Å²) < 4.78 is 5.74. The molecule has 0 aliphatic rings. The Hall–Kier alpha value is -4.23. The fourth-order valence-corrected chi connectivity index (χ4v) is 4.41. The summed E-state index contributed by atoms with van der Waals surface area (Å²) in [6.07, 6.45) is 12.7. The zero-order valence-electron chi connectivity index (χ0n) is 21.4. The molecular weight excluding hydrogens is 442 g/mol. The summed E-state index contributed by atoms with van der Waals surface area (Å²) in [5, 5.41) is 1.07. The molecule has 0 fully saturated rings. The van der Waals surface area contributed by atoms with E-state index in [1.165, 1.54) is 11.1 Å². The van der Waals surface area contributed by atoms with Crippen LogP contribution in [0, 0.1) is 11.8 Å². The summed E-state index contributed by atoms with van der Waals surface area (Å²) in [5.41, 5.74) is 8.46. The first kappa shape index (κ1) is 24.9. The molecule has 36 heavy (non-hydrogen) atoms. The second-order valence-electron chi connectivity index (χ2n) is 8.51. The molecule has 0 spiro atoms. The maximum Gasteiger partial charge on any atom is 0.128 e. The molecular formula is C32H31N3O. The molecule has 2 heterocycles. The van der Waals surface area contributed by atoms with E-state index in [1.807, 2.05) is 50.8 Å². The Morgan fingerprint density at radius 2 is 1.86 bits per heavy atom. The molecule has 0 radical (unpaired) electrons. The number of aliphatic imine (C=N–C) groups is 1. The molecule has 4 rings (SSSR count). The van der Waals surface area contributed by atoms with Crippen molar-refractivity contribution in [3.05, 3.63) is 107 Å². The van der Waals surface area contributed by atoms with Crippen LogP contribution in [0.25, 0.3) is 17.0 Å². The molecule has 0 bridgehead atoms. The third-order valence-corrected chi connectivity index (χ3v) is 6.11. The molecule has 2 aromatic heterocycles. The van der Waals surface area contributed by atoms with Crippen LogP contribution in [0.2, 0.25) is 0 Å². The Morgan fingerprint density at radius 1 is 1.08 bits per heavy atom. The number of nitrogens with zero attached hydrogens (tertiary/aromatic N) is 3. The molecule has 4 nitrogen and oxygen atoms in total. The number of aromatic nitrogens is 2. The topological polar surface area (TPSA) is 47.4 Å². The second kappa shape index (κ2) is 12.0. The van der Waals surface area contributed by atoms with E-state index in [9.17, 15) is 0 Å². The van der Waals surface area contributed by atoms with Gasteiger partial charge in [0.15, 0.2) is 0 Å². The minimum atomic E-state index is 0.799. The van der Waals surface area contributed by atoms with Gasteiger partial charge in [0.2, 0.25) is 0 Å². The highest BCUT2D eigenvalue weighted by Gasteiger charge is 2.17. The van der Waals surface area contributed by atoms with Crippen LogP contribution < -0.4 is 4.74 Å². The van der Waals surface area contributed by atoms with E-state index in [4.69, 9.17) is 14.7 Å². The van der Waals surface area contributed by atoms with Crippen molar-refractivity contribution in [3.63, 3.8) is 0 Å². The number of ether oxygens (including phenoxy) is 1.